The fourth-order valence-corrected chi connectivity index (χ4v) is 1.38. The zero-order chi connectivity index (χ0) is 14.5. The zero-order valence-electron chi connectivity index (χ0n) is 11.9. The molecule has 1 N–H and O–H groups in total. The third-order valence-corrected chi connectivity index (χ3v) is 2.22. The molecule has 0 saturated carbocycles. The highest BCUT2D eigenvalue weighted by molar-refractivity contribution is 5.91. The summed E-state index contributed by atoms with van der Waals surface area (Å²) in [6.45, 7) is 5.55. The molecule has 0 bridgehead atoms. The van der Waals surface area contributed by atoms with Gasteiger partial charge in [-0.2, -0.15) is 5.10 Å². The van der Waals surface area contributed by atoms with Crippen molar-refractivity contribution < 1.29 is 14.6 Å². The smallest absolute Gasteiger partial charge is 0.343 e. The summed E-state index contributed by atoms with van der Waals surface area (Å²) in [4.78, 5) is 12.0. The van der Waals surface area contributed by atoms with Crippen LogP contribution in [0.15, 0.2) is 6.20 Å². The average Bonchev–Trinajstić information content (AvgIpc) is 2.64. The number of aliphatic hydroxyl groups excluding tert-OH is 1. The third-order valence-electron chi connectivity index (χ3n) is 2.22. The Morgan fingerprint density at radius 3 is 2.79 bits per heavy atom. The van der Waals surface area contributed by atoms with Gasteiger partial charge in [0.1, 0.15) is 16.9 Å². The lowest BCUT2D eigenvalue weighted by atomic mass is 10.2. The first-order chi connectivity index (χ1) is 8.85. The van der Waals surface area contributed by atoms with E-state index in [-0.39, 0.29) is 6.61 Å². The molecular weight excluding hydrogens is 244 g/mol. The maximum Gasteiger partial charge on any atom is 0.343 e. The predicted molar refractivity (Wildman–Crippen MR) is 71.6 cm³/mol. The summed E-state index contributed by atoms with van der Waals surface area (Å²) in [7, 11) is 1.73. The number of nitrogens with zero attached hydrogens (tertiary/aromatic N) is 2. The summed E-state index contributed by atoms with van der Waals surface area (Å²) < 4.78 is 6.85. The summed E-state index contributed by atoms with van der Waals surface area (Å²) in [6.07, 6.45) is 2.66. The molecule has 0 aliphatic carbocycles. The van der Waals surface area contributed by atoms with Gasteiger partial charge in [-0.1, -0.05) is 5.92 Å². The molecule has 1 heterocycles. The molecule has 1 aromatic heterocycles. The fourth-order valence-electron chi connectivity index (χ4n) is 1.38. The molecule has 0 aromatic carbocycles. The normalized spacial score (nSPS) is 10.8. The quantitative estimate of drug-likeness (QED) is 0.510. The fraction of sp³-hybridized carbons (Fsp3) is 0.571. The minimum atomic E-state index is -0.547. The molecule has 0 radical (unpaired) electrons. The van der Waals surface area contributed by atoms with Crippen LogP contribution in [0.3, 0.4) is 0 Å². The van der Waals surface area contributed by atoms with Crippen molar-refractivity contribution in [1.29, 1.82) is 0 Å². The van der Waals surface area contributed by atoms with Gasteiger partial charge < -0.3 is 9.84 Å². The highest BCUT2D eigenvalue weighted by Crippen LogP contribution is 2.14. The second kappa shape index (κ2) is 6.39. The first kappa shape index (κ1) is 15.3. The second-order valence-corrected chi connectivity index (χ2v) is 5.16. The number of unbranched alkanes of at least 4 members (excludes halogenated alkanes) is 1. The van der Waals surface area contributed by atoms with Crippen molar-refractivity contribution in [2.45, 2.75) is 39.2 Å². The van der Waals surface area contributed by atoms with Crippen LogP contribution in [0.1, 0.15) is 49.7 Å². The minimum absolute atomic E-state index is 0.110. The minimum Gasteiger partial charge on any atom is -0.456 e. The number of carbonyl (C=O) groups excluding carboxylic acids is 1. The van der Waals surface area contributed by atoms with E-state index >= 15 is 0 Å². The average molecular weight is 264 g/mol. The van der Waals surface area contributed by atoms with Gasteiger partial charge >= 0.3 is 5.97 Å². The van der Waals surface area contributed by atoms with E-state index < -0.39 is 11.6 Å². The van der Waals surface area contributed by atoms with E-state index in [0.29, 0.717) is 24.1 Å². The molecule has 0 aliphatic heterocycles. The summed E-state index contributed by atoms with van der Waals surface area (Å²) in [5, 5.41) is 12.7. The molecule has 1 aromatic rings. The van der Waals surface area contributed by atoms with Crippen molar-refractivity contribution in [1.82, 2.24) is 9.78 Å². The molecule has 0 atom stereocenters. The van der Waals surface area contributed by atoms with Crippen LogP contribution in [0.4, 0.5) is 0 Å². The number of hydrogen-bond donors (Lipinski definition) is 1. The Hall–Kier alpha value is -1.80. The van der Waals surface area contributed by atoms with Gasteiger partial charge in [0.2, 0.25) is 0 Å². The van der Waals surface area contributed by atoms with Gasteiger partial charge in [0.15, 0.2) is 0 Å². The monoisotopic (exact) mass is 264 g/mol. The van der Waals surface area contributed by atoms with Gasteiger partial charge in [-0.3, -0.25) is 4.68 Å². The molecular formula is C14H20N2O3. The Morgan fingerprint density at radius 1 is 1.53 bits per heavy atom. The van der Waals surface area contributed by atoms with E-state index in [1.807, 2.05) is 20.8 Å². The van der Waals surface area contributed by atoms with Crippen molar-refractivity contribution in [2.75, 3.05) is 6.61 Å². The standard InChI is InChI=1S/C14H20N2O3/c1-14(2,3)19-13(18)11-10-15-16(4)12(11)8-6-5-7-9-17/h10,17H,5,7,9H2,1-4H3. The Morgan fingerprint density at radius 2 is 2.21 bits per heavy atom. The van der Waals surface area contributed by atoms with Crippen LogP contribution in [0.25, 0.3) is 0 Å². The molecule has 0 fully saturated rings. The third kappa shape index (κ3) is 4.76. The van der Waals surface area contributed by atoms with Crippen LogP contribution in [-0.2, 0) is 11.8 Å². The van der Waals surface area contributed by atoms with Gasteiger partial charge in [0.25, 0.3) is 0 Å². The maximum atomic E-state index is 12.0. The van der Waals surface area contributed by atoms with Crippen molar-refractivity contribution in [3.63, 3.8) is 0 Å². The van der Waals surface area contributed by atoms with Gasteiger partial charge in [-0.15, -0.1) is 0 Å². The molecule has 19 heavy (non-hydrogen) atoms. The first-order valence-electron chi connectivity index (χ1n) is 6.20. The number of carbonyl (C=O) groups is 1. The van der Waals surface area contributed by atoms with Crippen LogP contribution in [-0.4, -0.2) is 33.1 Å². The topological polar surface area (TPSA) is 64.4 Å². The van der Waals surface area contributed by atoms with E-state index in [1.54, 1.807) is 11.7 Å². The number of aryl methyl sites for hydroxylation is 1. The molecule has 0 saturated heterocycles. The van der Waals surface area contributed by atoms with Crippen LogP contribution in [0.2, 0.25) is 0 Å². The van der Waals surface area contributed by atoms with E-state index in [9.17, 15) is 4.79 Å². The van der Waals surface area contributed by atoms with Crippen LogP contribution < -0.4 is 0 Å². The molecule has 0 unspecified atom stereocenters. The number of aromatic nitrogens is 2. The molecule has 104 valence electrons. The van der Waals surface area contributed by atoms with Crippen LogP contribution >= 0.6 is 0 Å². The SMILES string of the molecule is Cn1ncc(C(=O)OC(C)(C)C)c1C#CCCCO. The zero-order valence-corrected chi connectivity index (χ0v) is 11.9. The lowest BCUT2D eigenvalue weighted by Crippen LogP contribution is -2.24. The summed E-state index contributed by atoms with van der Waals surface area (Å²) in [6, 6.07) is 0. The Kier molecular flexibility index (Phi) is 5.13. The van der Waals surface area contributed by atoms with Crippen molar-refractivity contribution >= 4 is 5.97 Å². The Balaban J connectivity index is 2.90. The lowest BCUT2D eigenvalue weighted by molar-refractivity contribution is 0.00691. The number of rotatable bonds is 3. The van der Waals surface area contributed by atoms with Crippen molar-refractivity contribution in [3.8, 4) is 11.8 Å². The Labute approximate surface area is 113 Å². The van der Waals surface area contributed by atoms with Gasteiger partial charge in [-0.05, 0) is 33.1 Å². The predicted octanol–water partition coefficient (Wildman–Crippen LogP) is 1.50. The second-order valence-electron chi connectivity index (χ2n) is 5.16. The van der Waals surface area contributed by atoms with Crippen LogP contribution in [0.5, 0.6) is 0 Å². The van der Waals surface area contributed by atoms with Gasteiger partial charge in [-0.25, -0.2) is 4.79 Å². The van der Waals surface area contributed by atoms with E-state index in [1.165, 1.54) is 6.20 Å². The van der Waals surface area contributed by atoms with Gasteiger partial charge in [0.05, 0.1) is 6.20 Å². The summed E-state index contributed by atoms with van der Waals surface area (Å²) >= 11 is 0. The number of hydrogen-bond acceptors (Lipinski definition) is 4. The van der Waals surface area contributed by atoms with Crippen LogP contribution in [0, 0.1) is 11.8 Å². The molecule has 5 heteroatoms. The molecule has 0 spiro atoms. The number of aliphatic hydroxyl groups is 1. The number of ether oxygens (including phenoxy) is 1. The summed E-state index contributed by atoms with van der Waals surface area (Å²) in [5.74, 6) is 5.39. The molecule has 1 rings (SSSR count). The van der Waals surface area contributed by atoms with Crippen molar-refractivity contribution in [3.05, 3.63) is 17.5 Å². The highest BCUT2D eigenvalue weighted by atomic mass is 16.6. The van der Waals surface area contributed by atoms with Crippen molar-refractivity contribution in [2.24, 2.45) is 7.05 Å². The van der Waals surface area contributed by atoms with E-state index in [0.717, 1.165) is 0 Å². The molecule has 5 nitrogen and oxygen atoms in total. The van der Waals surface area contributed by atoms with E-state index in [2.05, 4.69) is 16.9 Å². The highest BCUT2D eigenvalue weighted by Gasteiger charge is 2.22. The molecule has 0 aliphatic rings. The molecule has 0 amide bonds. The maximum absolute atomic E-state index is 12.0. The largest absolute Gasteiger partial charge is 0.456 e. The lowest BCUT2D eigenvalue weighted by Gasteiger charge is -2.18. The summed E-state index contributed by atoms with van der Waals surface area (Å²) in [5.41, 5.74) is 0.357. The Bertz CT molecular complexity index is 501. The number of esters is 1. The van der Waals surface area contributed by atoms with E-state index in [4.69, 9.17) is 9.84 Å². The van der Waals surface area contributed by atoms with Gasteiger partial charge in [0, 0.05) is 20.1 Å². The first-order valence-corrected chi connectivity index (χ1v) is 6.20.